The molecular formula is C40H46N2OS. The molecule has 4 heteroatoms. The van der Waals surface area contributed by atoms with Gasteiger partial charge in [0.15, 0.2) is 0 Å². The van der Waals surface area contributed by atoms with Crippen molar-refractivity contribution in [1.29, 1.82) is 0 Å². The molecular weight excluding hydrogens is 557 g/mol. The Morgan fingerprint density at radius 2 is 1.32 bits per heavy atom. The first-order valence-corrected chi connectivity index (χ1v) is 16.3. The van der Waals surface area contributed by atoms with Gasteiger partial charge in [0.1, 0.15) is 10.8 Å². The Labute approximate surface area is 267 Å². The van der Waals surface area contributed by atoms with Crippen LogP contribution in [-0.4, -0.2) is 16.3 Å². The van der Waals surface area contributed by atoms with E-state index in [1.54, 1.807) is 11.3 Å². The highest BCUT2D eigenvalue weighted by Crippen LogP contribution is 2.42. The highest BCUT2D eigenvalue weighted by molar-refractivity contribution is 7.21. The minimum atomic E-state index is -0.202. The molecule has 0 saturated heterocycles. The lowest BCUT2D eigenvalue weighted by atomic mass is 9.79. The van der Waals surface area contributed by atoms with Gasteiger partial charge in [-0.1, -0.05) is 110 Å². The number of hydrogen-bond donors (Lipinski definition) is 1. The van der Waals surface area contributed by atoms with E-state index in [1.807, 2.05) is 24.4 Å². The summed E-state index contributed by atoms with van der Waals surface area (Å²) in [5, 5.41) is 12.3. The molecule has 44 heavy (non-hydrogen) atoms. The van der Waals surface area contributed by atoms with Gasteiger partial charge in [-0.15, -0.1) is 11.3 Å². The fraction of sp³-hybridized carbons (Fsp3) is 0.350. The number of aliphatic imine (C=N–C) groups is 1. The molecule has 0 unspecified atom stereocenters. The fourth-order valence-corrected chi connectivity index (χ4v) is 6.66. The molecule has 0 aliphatic rings. The van der Waals surface area contributed by atoms with Crippen LogP contribution >= 0.6 is 11.3 Å². The van der Waals surface area contributed by atoms with Crippen LogP contribution < -0.4 is 0 Å². The maximum atomic E-state index is 11.3. The van der Waals surface area contributed by atoms with Gasteiger partial charge in [-0.25, -0.2) is 4.98 Å². The number of thiazole rings is 1. The van der Waals surface area contributed by atoms with Gasteiger partial charge in [-0.05, 0) is 77.1 Å². The van der Waals surface area contributed by atoms with E-state index in [9.17, 15) is 5.11 Å². The Morgan fingerprint density at radius 3 is 1.93 bits per heavy atom. The number of benzene rings is 4. The van der Waals surface area contributed by atoms with E-state index in [-0.39, 0.29) is 16.2 Å². The van der Waals surface area contributed by atoms with Crippen molar-refractivity contribution in [2.45, 2.75) is 92.4 Å². The standard InChI is InChI=1S/C40H46N2OS/c1-24-16-25(2)18-26(17-24)31-20-29(39(6,7)8)22-34-35(31)42-37(44-34)30-14-12-13-15-33(30)41-23-27-19-28(38(3,4)5)21-32(36(27)43)40(9,10)11/h12-23,43H,1-11H3. The molecule has 0 atom stereocenters. The van der Waals surface area contributed by atoms with Gasteiger partial charge in [0.2, 0.25) is 0 Å². The fourth-order valence-electron chi connectivity index (χ4n) is 5.59. The maximum absolute atomic E-state index is 11.3. The first-order chi connectivity index (χ1) is 20.4. The Morgan fingerprint density at radius 1 is 0.705 bits per heavy atom. The molecule has 5 aromatic rings. The Balaban J connectivity index is 1.66. The van der Waals surface area contributed by atoms with E-state index < -0.39 is 0 Å². The van der Waals surface area contributed by atoms with Crippen molar-refractivity contribution in [3.05, 3.63) is 100 Å². The molecule has 0 saturated carbocycles. The lowest BCUT2D eigenvalue weighted by Gasteiger charge is -2.27. The number of nitrogens with zero attached hydrogens (tertiary/aromatic N) is 2. The topological polar surface area (TPSA) is 45.5 Å². The molecule has 0 bridgehead atoms. The van der Waals surface area contributed by atoms with Crippen LogP contribution in [0.2, 0.25) is 0 Å². The average Bonchev–Trinajstić information content (AvgIpc) is 3.34. The number of hydrogen-bond acceptors (Lipinski definition) is 4. The molecule has 0 aliphatic heterocycles. The van der Waals surface area contributed by atoms with Crippen molar-refractivity contribution in [2.24, 2.45) is 4.99 Å². The second kappa shape index (κ2) is 11.3. The molecule has 4 aromatic carbocycles. The monoisotopic (exact) mass is 602 g/mol. The summed E-state index contributed by atoms with van der Waals surface area (Å²) in [6.45, 7) is 24.1. The van der Waals surface area contributed by atoms with Gasteiger partial charge >= 0.3 is 0 Å². The van der Waals surface area contributed by atoms with Crippen LogP contribution in [0.5, 0.6) is 5.75 Å². The van der Waals surface area contributed by atoms with Gasteiger partial charge in [0, 0.05) is 28.5 Å². The molecule has 0 aliphatic carbocycles. The lowest BCUT2D eigenvalue weighted by molar-refractivity contribution is 0.444. The van der Waals surface area contributed by atoms with E-state index in [0.717, 1.165) is 32.9 Å². The van der Waals surface area contributed by atoms with Crippen molar-refractivity contribution in [3.63, 3.8) is 0 Å². The second-order valence-electron chi connectivity index (χ2n) is 15.3. The van der Waals surface area contributed by atoms with Gasteiger partial charge in [-0.2, -0.15) is 0 Å². The van der Waals surface area contributed by atoms with E-state index in [1.165, 1.54) is 38.1 Å². The molecule has 0 fully saturated rings. The summed E-state index contributed by atoms with van der Waals surface area (Å²) in [4.78, 5) is 10.2. The predicted octanol–water partition coefficient (Wildman–Crippen LogP) is 11.6. The molecule has 228 valence electrons. The van der Waals surface area contributed by atoms with Crippen LogP contribution in [0.1, 0.15) is 95.7 Å². The number of para-hydroxylation sites is 1. The summed E-state index contributed by atoms with van der Waals surface area (Å²) in [6, 6.07) is 23.7. The SMILES string of the molecule is Cc1cc(C)cc(-c2cc(C(C)(C)C)cc3sc(-c4ccccc4N=Cc4cc(C(C)(C)C)cc(C(C)(C)C)c4O)nc23)c1. The normalized spacial score (nSPS) is 12.9. The number of aromatic hydroxyl groups is 1. The van der Waals surface area contributed by atoms with Crippen molar-refractivity contribution in [2.75, 3.05) is 0 Å². The zero-order valence-corrected chi connectivity index (χ0v) is 29.0. The van der Waals surface area contributed by atoms with Crippen molar-refractivity contribution in [1.82, 2.24) is 4.98 Å². The number of fused-ring (bicyclic) bond motifs is 1. The molecule has 1 aromatic heterocycles. The highest BCUT2D eigenvalue weighted by Gasteiger charge is 2.25. The number of phenolic OH excluding ortho intramolecular Hbond substituents is 1. The van der Waals surface area contributed by atoms with Gasteiger partial charge in [0.25, 0.3) is 0 Å². The summed E-state index contributed by atoms with van der Waals surface area (Å²) in [6.07, 6.45) is 1.81. The first kappa shape index (κ1) is 31.7. The number of aromatic nitrogens is 1. The molecule has 1 N–H and O–H groups in total. The Bertz CT molecular complexity index is 1870. The van der Waals surface area contributed by atoms with Crippen molar-refractivity contribution in [3.8, 4) is 27.4 Å². The summed E-state index contributed by atoms with van der Waals surface area (Å²) < 4.78 is 1.17. The summed E-state index contributed by atoms with van der Waals surface area (Å²) in [5.41, 5.74) is 11.6. The zero-order valence-electron chi connectivity index (χ0n) is 28.2. The molecule has 3 nitrogen and oxygen atoms in total. The number of aryl methyl sites for hydroxylation is 2. The van der Waals surface area contributed by atoms with Crippen molar-refractivity contribution < 1.29 is 5.11 Å². The summed E-state index contributed by atoms with van der Waals surface area (Å²) in [7, 11) is 0. The maximum Gasteiger partial charge on any atom is 0.128 e. The zero-order chi connectivity index (χ0) is 32.2. The second-order valence-corrected chi connectivity index (χ2v) is 16.3. The van der Waals surface area contributed by atoms with Crippen LogP contribution in [0, 0.1) is 13.8 Å². The third-order valence-electron chi connectivity index (χ3n) is 8.18. The number of rotatable bonds is 4. The van der Waals surface area contributed by atoms with E-state index >= 15 is 0 Å². The van der Waals surface area contributed by atoms with Gasteiger partial charge in [0.05, 0.1) is 15.9 Å². The Kier molecular flexibility index (Phi) is 8.13. The van der Waals surface area contributed by atoms with E-state index in [4.69, 9.17) is 9.98 Å². The van der Waals surface area contributed by atoms with Crippen LogP contribution in [-0.2, 0) is 16.2 Å². The summed E-state index contributed by atoms with van der Waals surface area (Å²) >= 11 is 1.71. The van der Waals surface area contributed by atoms with Crippen LogP contribution in [0.4, 0.5) is 5.69 Å². The molecule has 0 radical (unpaired) electrons. The largest absolute Gasteiger partial charge is 0.507 e. The molecule has 5 rings (SSSR count). The van der Waals surface area contributed by atoms with Crippen LogP contribution in [0.25, 0.3) is 31.9 Å². The van der Waals surface area contributed by atoms with Gasteiger partial charge in [-0.3, -0.25) is 4.99 Å². The van der Waals surface area contributed by atoms with E-state index in [0.29, 0.717) is 5.75 Å². The lowest BCUT2D eigenvalue weighted by Crippen LogP contribution is -2.17. The third kappa shape index (κ3) is 6.51. The number of phenols is 1. The summed E-state index contributed by atoms with van der Waals surface area (Å²) in [5.74, 6) is 0.291. The van der Waals surface area contributed by atoms with Crippen LogP contribution in [0.3, 0.4) is 0 Å². The molecule has 0 spiro atoms. The van der Waals surface area contributed by atoms with Crippen molar-refractivity contribution >= 4 is 33.5 Å². The minimum Gasteiger partial charge on any atom is -0.507 e. The smallest absolute Gasteiger partial charge is 0.128 e. The molecule has 1 heterocycles. The van der Waals surface area contributed by atoms with Crippen LogP contribution in [0.15, 0.2) is 71.7 Å². The van der Waals surface area contributed by atoms with E-state index in [2.05, 4.69) is 125 Å². The first-order valence-electron chi connectivity index (χ1n) is 15.5. The average molecular weight is 603 g/mol. The van der Waals surface area contributed by atoms with Gasteiger partial charge < -0.3 is 5.11 Å². The highest BCUT2D eigenvalue weighted by atomic mass is 32.1. The molecule has 0 amide bonds. The third-order valence-corrected chi connectivity index (χ3v) is 9.22. The Hall–Kier alpha value is -3.76. The predicted molar refractivity (Wildman–Crippen MR) is 191 cm³/mol. The quantitative estimate of drug-likeness (QED) is 0.208. The minimum absolute atomic E-state index is 0.00364.